The molecular weight excluding hydrogens is 425 g/mol. The Kier molecular flexibility index (Phi) is 5.17. The Hall–Kier alpha value is -3.97. The van der Waals surface area contributed by atoms with Crippen molar-refractivity contribution in [1.82, 2.24) is 9.97 Å². The molecule has 0 unspecified atom stereocenters. The van der Waals surface area contributed by atoms with E-state index in [1.165, 1.54) is 17.4 Å². The highest BCUT2D eigenvalue weighted by atomic mass is 32.1. The fourth-order valence-corrected chi connectivity index (χ4v) is 4.36. The summed E-state index contributed by atoms with van der Waals surface area (Å²) in [5.41, 5.74) is 3.77. The summed E-state index contributed by atoms with van der Waals surface area (Å²) in [6.07, 6.45) is 0. The van der Waals surface area contributed by atoms with Crippen LogP contribution in [-0.4, -0.2) is 23.0 Å². The van der Waals surface area contributed by atoms with E-state index >= 15 is 0 Å². The number of rotatable bonds is 5. The molecule has 0 aliphatic rings. The molecule has 158 valence electrons. The standard InChI is InChI=1S/C25H18FN3O2S/c1-31-16-11-10-15-12-22(27-21(15)13-16)24(30)28-20-9-5-3-7-18(20)23-14-32-25(29-23)17-6-2-4-8-19(17)26/h2-14,27H,1H3,(H,28,30). The van der Waals surface area contributed by atoms with Gasteiger partial charge in [-0.3, -0.25) is 4.79 Å². The van der Waals surface area contributed by atoms with Gasteiger partial charge in [-0.1, -0.05) is 30.3 Å². The van der Waals surface area contributed by atoms with E-state index < -0.39 is 0 Å². The van der Waals surface area contributed by atoms with Crippen molar-refractivity contribution in [3.05, 3.63) is 89.7 Å². The summed E-state index contributed by atoms with van der Waals surface area (Å²) < 4.78 is 19.4. The first-order valence-corrected chi connectivity index (χ1v) is 10.8. The predicted molar refractivity (Wildman–Crippen MR) is 126 cm³/mol. The van der Waals surface area contributed by atoms with Crippen LogP contribution in [0.4, 0.5) is 10.1 Å². The number of hydrogen-bond donors (Lipinski definition) is 2. The lowest BCUT2D eigenvalue weighted by Crippen LogP contribution is -2.13. The largest absolute Gasteiger partial charge is 0.497 e. The number of fused-ring (bicyclic) bond motifs is 1. The number of aromatic amines is 1. The van der Waals surface area contributed by atoms with E-state index in [-0.39, 0.29) is 11.7 Å². The maximum Gasteiger partial charge on any atom is 0.272 e. The number of benzene rings is 3. The van der Waals surface area contributed by atoms with E-state index in [1.54, 1.807) is 31.4 Å². The molecule has 0 saturated heterocycles. The van der Waals surface area contributed by atoms with E-state index in [4.69, 9.17) is 4.74 Å². The molecule has 1 amide bonds. The highest BCUT2D eigenvalue weighted by Gasteiger charge is 2.16. The highest BCUT2D eigenvalue weighted by molar-refractivity contribution is 7.13. The van der Waals surface area contributed by atoms with Gasteiger partial charge in [0.15, 0.2) is 0 Å². The average molecular weight is 444 g/mol. The molecule has 0 spiro atoms. The normalized spacial score (nSPS) is 10.9. The van der Waals surface area contributed by atoms with Crippen LogP contribution in [0.2, 0.25) is 0 Å². The summed E-state index contributed by atoms with van der Waals surface area (Å²) in [7, 11) is 1.60. The van der Waals surface area contributed by atoms with Gasteiger partial charge in [0.05, 0.1) is 18.5 Å². The first-order chi connectivity index (χ1) is 15.6. The Labute approximate surface area is 187 Å². The maximum atomic E-state index is 14.2. The van der Waals surface area contributed by atoms with Crippen molar-refractivity contribution < 1.29 is 13.9 Å². The lowest BCUT2D eigenvalue weighted by atomic mass is 10.1. The van der Waals surface area contributed by atoms with Crippen LogP contribution in [0.5, 0.6) is 5.75 Å². The number of ether oxygens (including phenoxy) is 1. The summed E-state index contributed by atoms with van der Waals surface area (Å²) in [6.45, 7) is 0. The van der Waals surface area contributed by atoms with Gasteiger partial charge < -0.3 is 15.0 Å². The monoisotopic (exact) mass is 443 g/mol. The molecule has 5 rings (SSSR count). The summed E-state index contributed by atoms with van der Waals surface area (Å²) in [5, 5.41) is 6.33. The van der Waals surface area contributed by atoms with Gasteiger partial charge in [-0.2, -0.15) is 0 Å². The maximum absolute atomic E-state index is 14.2. The highest BCUT2D eigenvalue weighted by Crippen LogP contribution is 2.34. The molecule has 2 heterocycles. The fourth-order valence-electron chi connectivity index (χ4n) is 3.52. The van der Waals surface area contributed by atoms with Crippen molar-refractivity contribution in [3.63, 3.8) is 0 Å². The lowest BCUT2D eigenvalue weighted by molar-refractivity contribution is 0.102. The van der Waals surface area contributed by atoms with Crippen molar-refractivity contribution in [2.75, 3.05) is 12.4 Å². The van der Waals surface area contributed by atoms with E-state index in [2.05, 4.69) is 15.3 Å². The van der Waals surface area contributed by atoms with Crippen LogP contribution < -0.4 is 10.1 Å². The molecule has 2 aromatic heterocycles. The molecule has 5 aromatic rings. The van der Waals surface area contributed by atoms with Gasteiger partial charge in [-0.25, -0.2) is 9.37 Å². The third-order valence-corrected chi connectivity index (χ3v) is 6.01. The Bertz CT molecular complexity index is 1440. The van der Waals surface area contributed by atoms with Crippen LogP contribution >= 0.6 is 11.3 Å². The number of para-hydroxylation sites is 1. The fraction of sp³-hybridized carbons (Fsp3) is 0.0400. The van der Waals surface area contributed by atoms with Gasteiger partial charge in [0.25, 0.3) is 5.91 Å². The molecule has 0 atom stereocenters. The second kappa shape index (κ2) is 8.28. The Morgan fingerprint density at radius 2 is 1.81 bits per heavy atom. The third-order valence-electron chi connectivity index (χ3n) is 5.13. The van der Waals surface area contributed by atoms with E-state index in [0.717, 1.165) is 16.5 Å². The second-order valence-electron chi connectivity index (χ2n) is 7.15. The van der Waals surface area contributed by atoms with Gasteiger partial charge in [0.1, 0.15) is 22.3 Å². The number of aromatic nitrogens is 2. The van der Waals surface area contributed by atoms with E-state index in [9.17, 15) is 9.18 Å². The van der Waals surface area contributed by atoms with Crippen LogP contribution in [0.1, 0.15) is 10.5 Å². The lowest BCUT2D eigenvalue weighted by Gasteiger charge is -2.09. The molecule has 0 aliphatic carbocycles. The molecule has 0 saturated carbocycles. The zero-order chi connectivity index (χ0) is 22.1. The van der Waals surface area contributed by atoms with Gasteiger partial charge in [-0.15, -0.1) is 11.3 Å². The first-order valence-electron chi connectivity index (χ1n) is 9.90. The number of thiazole rings is 1. The molecule has 32 heavy (non-hydrogen) atoms. The minimum absolute atomic E-state index is 0.267. The van der Waals surface area contributed by atoms with E-state index in [0.29, 0.717) is 33.4 Å². The number of hydrogen-bond acceptors (Lipinski definition) is 4. The zero-order valence-electron chi connectivity index (χ0n) is 17.1. The number of carbonyl (C=O) groups is 1. The van der Waals surface area contributed by atoms with Crippen LogP contribution in [0.15, 0.2) is 78.2 Å². The average Bonchev–Trinajstić information content (AvgIpc) is 3.46. The molecule has 2 N–H and O–H groups in total. The van der Waals surface area contributed by atoms with Crippen LogP contribution in [-0.2, 0) is 0 Å². The summed E-state index contributed by atoms with van der Waals surface area (Å²) >= 11 is 1.36. The molecule has 0 radical (unpaired) electrons. The smallest absolute Gasteiger partial charge is 0.272 e. The first kappa shape index (κ1) is 20.0. The number of nitrogens with one attached hydrogen (secondary N) is 2. The van der Waals surface area contributed by atoms with Gasteiger partial charge in [0, 0.05) is 33.5 Å². The summed E-state index contributed by atoms with van der Waals surface area (Å²) in [4.78, 5) is 20.7. The van der Waals surface area contributed by atoms with Crippen molar-refractivity contribution in [2.24, 2.45) is 0 Å². The molecular formula is C25H18FN3O2S. The Morgan fingerprint density at radius 1 is 1.03 bits per heavy atom. The summed E-state index contributed by atoms with van der Waals surface area (Å²) in [5.74, 6) is 0.133. The van der Waals surface area contributed by atoms with Crippen LogP contribution in [0, 0.1) is 5.82 Å². The molecule has 0 bridgehead atoms. The van der Waals surface area contributed by atoms with Crippen molar-refractivity contribution in [3.8, 4) is 27.6 Å². The molecule has 3 aromatic carbocycles. The number of anilines is 1. The molecule has 0 aliphatic heterocycles. The molecule has 7 heteroatoms. The number of methoxy groups -OCH3 is 1. The van der Waals surface area contributed by atoms with Crippen molar-refractivity contribution in [2.45, 2.75) is 0 Å². The summed E-state index contributed by atoms with van der Waals surface area (Å²) in [6, 6.07) is 21.4. The van der Waals surface area contributed by atoms with Gasteiger partial charge in [-0.05, 0) is 36.4 Å². The quantitative estimate of drug-likeness (QED) is 0.332. The number of halogens is 1. The zero-order valence-corrected chi connectivity index (χ0v) is 17.9. The van der Waals surface area contributed by atoms with Crippen LogP contribution in [0.25, 0.3) is 32.7 Å². The second-order valence-corrected chi connectivity index (χ2v) is 8.01. The third kappa shape index (κ3) is 3.74. The van der Waals surface area contributed by atoms with Crippen LogP contribution in [0.3, 0.4) is 0 Å². The topological polar surface area (TPSA) is 67.0 Å². The number of amides is 1. The molecule has 0 fully saturated rings. The number of nitrogens with zero attached hydrogens (tertiary/aromatic N) is 1. The Balaban J connectivity index is 1.44. The van der Waals surface area contributed by atoms with Gasteiger partial charge >= 0.3 is 0 Å². The van der Waals surface area contributed by atoms with Gasteiger partial charge in [0.2, 0.25) is 0 Å². The number of carbonyl (C=O) groups excluding carboxylic acids is 1. The predicted octanol–water partition coefficient (Wildman–Crippen LogP) is 6.36. The van der Waals surface area contributed by atoms with Crippen molar-refractivity contribution >= 4 is 33.8 Å². The SMILES string of the molecule is COc1ccc2cc(C(=O)Nc3ccccc3-c3csc(-c4ccccc4F)n3)[nH]c2c1. The molecule has 5 nitrogen and oxygen atoms in total. The number of H-pyrrole nitrogens is 1. The van der Waals surface area contributed by atoms with E-state index in [1.807, 2.05) is 47.8 Å². The Morgan fingerprint density at radius 3 is 2.62 bits per heavy atom. The minimum atomic E-state index is -0.314. The minimum Gasteiger partial charge on any atom is -0.497 e. The van der Waals surface area contributed by atoms with Crippen molar-refractivity contribution in [1.29, 1.82) is 0 Å².